The number of halogens is 2. The van der Waals surface area contributed by atoms with E-state index >= 15 is 0 Å². The van der Waals surface area contributed by atoms with E-state index in [1.54, 1.807) is 28.4 Å². The van der Waals surface area contributed by atoms with Crippen LogP contribution in [0.1, 0.15) is 77.6 Å². The number of benzene rings is 2. The summed E-state index contributed by atoms with van der Waals surface area (Å²) in [5.74, 6) is 0.550. The van der Waals surface area contributed by atoms with E-state index < -0.39 is 29.3 Å². The fourth-order valence-corrected chi connectivity index (χ4v) is 15.5. The van der Waals surface area contributed by atoms with Gasteiger partial charge in [0.2, 0.25) is 0 Å². The van der Waals surface area contributed by atoms with Gasteiger partial charge in [-0.25, -0.2) is 0 Å². The van der Waals surface area contributed by atoms with E-state index in [1.165, 1.54) is 22.3 Å². The van der Waals surface area contributed by atoms with E-state index in [4.69, 9.17) is 4.21 Å². The number of allylic oxidation sites excluding steroid dienone is 4. The number of fused-ring (bicyclic) bond motifs is 3. The number of hydrogen-bond acceptors (Lipinski definition) is 0. The van der Waals surface area contributed by atoms with Gasteiger partial charge in [0.1, 0.15) is 0 Å². The zero-order chi connectivity index (χ0) is 25.4. The van der Waals surface area contributed by atoms with Crippen molar-refractivity contribution in [3.63, 3.8) is 0 Å². The summed E-state index contributed by atoms with van der Waals surface area (Å²) in [6.07, 6.45) is 3.68. The van der Waals surface area contributed by atoms with Gasteiger partial charge < -0.3 is 24.8 Å². The van der Waals surface area contributed by atoms with Crippen molar-refractivity contribution in [1.29, 1.82) is 0 Å². The molecule has 2 aliphatic rings. The van der Waals surface area contributed by atoms with E-state index in [-0.39, 0.29) is 35.6 Å². The van der Waals surface area contributed by atoms with Gasteiger partial charge in [-0.3, -0.25) is 0 Å². The first-order valence-electron chi connectivity index (χ1n) is 12.9. The van der Waals surface area contributed by atoms with Crippen LogP contribution in [0.3, 0.4) is 0 Å². The molecule has 2 aromatic rings. The molecule has 2 aliphatic carbocycles. The molecule has 0 radical (unpaired) electrons. The summed E-state index contributed by atoms with van der Waals surface area (Å²) in [7, 11) is -1.36. The Morgan fingerprint density at radius 3 is 1.97 bits per heavy atom. The Kier molecular flexibility index (Phi) is 9.29. The van der Waals surface area contributed by atoms with Crippen molar-refractivity contribution in [2.75, 3.05) is 0 Å². The van der Waals surface area contributed by atoms with E-state index in [2.05, 4.69) is 111 Å². The van der Waals surface area contributed by atoms with Gasteiger partial charge in [-0.15, -0.1) is 0 Å². The van der Waals surface area contributed by atoms with Crippen LogP contribution >= 0.6 is 0 Å². The summed E-state index contributed by atoms with van der Waals surface area (Å²) in [5, 5.41) is 1.68. The third kappa shape index (κ3) is 5.59. The van der Waals surface area contributed by atoms with E-state index in [0.717, 1.165) is 6.42 Å². The minimum absolute atomic E-state index is 0. The van der Waals surface area contributed by atoms with Crippen molar-refractivity contribution in [1.82, 2.24) is 0 Å². The Morgan fingerprint density at radius 1 is 0.889 bits per heavy atom. The van der Waals surface area contributed by atoms with Gasteiger partial charge >= 0.3 is 219 Å². The molecule has 1 atom stereocenters. The third-order valence-corrected chi connectivity index (χ3v) is 16.5. The number of rotatable bonds is 3. The fraction of sp³-hybridized carbons (Fsp3) is 0.469. The van der Waals surface area contributed by atoms with E-state index in [1.807, 2.05) is 0 Å². The molecule has 0 heterocycles. The molecule has 0 aliphatic heterocycles. The average Bonchev–Trinajstić information content (AvgIpc) is 3.21. The minimum atomic E-state index is -2.34. The van der Waals surface area contributed by atoms with Gasteiger partial charge in [0.25, 0.3) is 0 Å². The first-order chi connectivity index (χ1) is 15.5. The smallest absolute Gasteiger partial charge is 1.00 e. The molecule has 36 heavy (non-hydrogen) atoms. The molecule has 0 aromatic heterocycles. The first kappa shape index (κ1) is 31.7. The zero-order valence-corrected chi connectivity index (χ0v) is 29.2. The molecule has 0 saturated carbocycles. The summed E-state index contributed by atoms with van der Waals surface area (Å²) in [6.45, 7) is 26.5. The Hall–Kier alpha value is -0.530. The summed E-state index contributed by atoms with van der Waals surface area (Å²) < 4.78 is 8.53. The second-order valence-corrected chi connectivity index (χ2v) is 23.6. The molecule has 4 rings (SSSR count). The maximum absolute atomic E-state index is 5.10. The number of hydrogen-bond donors (Lipinski definition) is 0. The Bertz CT molecular complexity index is 1260. The Morgan fingerprint density at radius 2 is 1.47 bits per heavy atom. The van der Waals surface area contributed by atoms with Gasteiger partial charge in [0, 0.05) is 0 Å². The van der Waals surface area contributed by atoms with Crippen LogP contribution in [0.25, 0.3) is 11.1 Å². The fourth-order valence-electron chi connectivity index (χ4n) is 6.11. The van der Waals surface area contributed by atoms with Gasteiger partial charge in [-0.05, 0) is 0 Å². The molecule has 4 heteroatoms. The van der Waals surface area contributed by atoms with Crippen LogP contribution in [-0.4, -0.2) is 12.3 Å². The SMILES string of the molecule is [CH2]=[Zr+2]([C]1=C(C)C([Si](C)(C)C)=CC1C)[c]1c(C(C)(C)C)ccc2c1Cc1cc(C(C)(C)C)ccc1-2.[Cl-].[Cl-]. The maximum atomic E-state index is 5.10. The third-order valence-electron chi connectivity index (χ3n) is 7.86. The maximum Gasteiger partial charge on any atom is -1.00 e. The van der Waals surface area contributed by atoms with Gasteiger partial charge in [-0.1, -0.05) is 0 Å². The van der Waals surface area contributed by atoms with Gasteiger partial charge in [0.05, 0.1) is 0 Å². The van der Waals surface area contributed by atoms with Crippen molar-refractivity contribution in [3.8, 4) is 11.1 Å². The second-order valence-electron chi connectivity index (χ2n) is 13.7. The Labute approximate surface area is 242 Å². The van der Waals surface area contributed by atoms with Crippen LogP contribution in [-0.2, 0) is 38.5 Å². The van der Waals surface area contributed by atoms with Crippen molar-refractivity contribution in [3.05, 3.63) is 72.7 Å². The minimum Gasteiger partial charge on any atom is -1.00 e. The summed E-state index contributed by atoms with van der Waals surface area (Å²) in [5.41, 5.74) is 10.9. The molecule has 194 valence electrons. The largest absolute Gasteiger partial charge is 1.00 e. The van der Waals surface area contributed by atoms with Crippen LogP contribution in [0, 0.1) is 5.92 Å². The van der Waals surface area contributed by atoms with Crippen LogP contribution in [0.4, 0.5) is 0 Å². The predicted octanol–water partition coefficient (Wildman–Crippen LogP) is 2.26. The van der Waals surface area contributed by atoms with Crippen molar-refractivity contribution >= 4 is 15.6 Å². The van der Waals surface area contributed by atoms with Gasteiger partial charge in [-0.2, -0.15) is 0 Å². The van der Waals surface area contributed by atoms with Crippen LogP contribution < -0.4 is 28.1 Å². The monoisotopic (exact) mass is 616 g/mol. The molecule has 0 saturated heterocycles. The van der Waals surface area contributed by atoms with Crippen LogP contribution in [0.15, 0.2) is 50.5 Å². The average molecular weight is 619 g/mol. The summed E-state index contributed by atoms with van der Waals surface area (Å²) in [4.78, 5) is 0. The quantitative estimate of drug-likeness (QED) is 0.396. The summed E-state index contributed by atoms with van der Waals surface area (Å²) >= 11 is -2.34. The van der Waals surface area contributed by atoms with Gasteiger partial charge in [0.15, 0.2) is 0 Å². The predicted molar refractivity (Wildman–Crippen MR) is 152 cm³/mol. The molecule has 0 N–H and O–H groups in total. The Balaban J connectivity index is 0.00000228. The van der Waals surface area contributed by atoms with E-state index in [9.17, 15) is 0 Å². The summed E-state index contributed by atoms with van der Waals surface area (Å²) in [6, 6.07) is 12.1. The molecule has 1 unspecified atom stereocenters. The van der Waals surface area contributed by atoms with Crippen LogP contribution in [0.5, 0.6) is 0 Å². The molecule has 2 aromatic carbocycles. The van der Waals surface area contributed by atoms with Crippen molar-refractivity contribution < 1.29 is 46.1 Å². The van der Waals surface area contributed by atoms with E-state index in [0.29, 0.717) is 5.92 Å². The van der Waals surface area contributed by atoms with Crippen LogP contribution in [0.2, 0.25) is 19.6 Å². The molecule has 0 nitrogen and oxygen atoms in total. The molecule has 0 fully saturated rings. The molecule has 0 spiro atoms. The molecule has 0 amide bonds. The standard InChI is InChI=1S/C21H25.C10H17Si.CH2.2ClH.Zr/c1-20(2,3)16-7-9-18-14(12-16)11-15-13-17(21(4,5)6)8-10-19(15)18;1-8-6-9(2)10(7-8)11(3,4)5;;;;/h7-10,12H,11H2,1-6H3;7-8H,1-5H3;1H2;2*1H;/q;;;;;+2/p-2. The molecular formula is C32H44Cl2SiZr. The first-order valence-corrected chi connectivity index (χ1v) is 20.6. The molecule has 0 bridgehead atoms. The molecular weight excluding hydrogens is 575 g/mol. The topological polar surface area (TPSA) is 0 Å². The zero-order valence-electron chi connectivity index (χ0n) is 24.2. The van der Waals surface area contributed by atoms with Crippen molar-refractivity contribution in [2.24, 2.45) is 5.92 Å². The second kappa shape index (κ2) is 10.6. The van der Waals surface area contributed by atoms with Crippen molar-refractivity contribution in [2.45, 2.75) is 92.3 Å². The normalized spacial score (nSPS) is 16.9.